The van der Waals surface area contributed by atoms with Crippen molar-refractivity contribution in [3.8, 4) is 5.75 Å². The fourth-order valence-corrected chi connectivity index (χ4v) is 5.65. The van der Waals surface area contributed by atoms with E-state index in [-0.39, 0.29) is 5.91 Å². The molecule has 1 heterocycles. The predicted molar refractivity (Wildman–Crippen MR) is 126 cm³/mol. The summed E-state index contributed by atoms with van der Waals surface area (Å²) in [7, 11) is 3.81. The number of rotatable bonds is 8. The number of hydrogen-bond donors (Lipinski definition) is 1. The van der Waals surface area contributed by atoms with Crippen molar-refractivity contribution in [2.45, 2.75) is 54.4 Å². The molecular formula is C25H32N2O3S. The molecule has 1 saturated carbocycles. The number of methoxy groups -OCH3 is 1. The molecule has 1 aliphatic heterocycles. The molecule has 0 bridgehead atoms. The van der Waals surface area contributed by atoms with Crippen molar-refractivity contribution in [2.24, 2.45) is 0 Å². The smallest absolute Gasteiger partial charge is 0.272 e. The lowest BCUT2D eigenvalue weighted by Gasteiger charge is -2.35. The van der Waals surface area contributed by atoms with Crippen molar-refractivity contribution in [3.05, 3.63) is 54.1 Å². The zero-order chi connectivity index (χ0) is 21.7. The molecule has 0 saturated heterocycles. The van der Waals surface area contributed by atoms with Crippen LogP contribution in [0.3, 0.4) is 0 Å². The molecular weight excluding hydrogens is 408 g/mol. The van der Waals surface area contributed by atoms with Crippen LogP contribution in [0.25, 0.3) is 0 Å². The average Bonchev–Trinajstić information content (AvgIpc) is 2.82. The molecule has 0 spiro atoms. The van der Waals surface area contributed by atoms with Crippen LogP contribution in [0.2, 0.25) is 0 Å². The molecule has 2 aliphatic rings. The number of carbonyl (C=O) groups excluding carboxylic acids is 1. The summed E-state index contributed by atoms with van der Waals surface area (Å²) in [6, 6.07) is 16.2. The van der Waals surface area contributed by atoms with E-state index in [4.69, 9.17) is 9.47 Å². The molecule has 2 aromatic carbocycles. The lowest BCUT2D eigenvalue weighted by atomic mass is 9.94. The first-order valence-corrected chi connectivity index (χ1v) is 12.0. The van der Waals surface area contributed by atoms with Crippen LogP contribution in [0.1, 0.15) is 44.1 Å². The molecule has 1 aliphatic carbocycles. The van der Waals surface area contributed by atoms with Crippen LogP contribution in [0.15, 0.2) is 53.4 Å². The summed E-state index contributed by atoms with van der Waals surface area (Å²) >= 11 is 1.43. The van der Waals surface area contributed by atoms with Gasteiger partial charge >= 0.3 is 0 Å². The Labute approximate surface area is 189 Å². The molecule has 166 valence electrons. The summed E-state index contributed by atoms with van der Waals surface area (Å²) in [5, 5.41) is 2.97. The van der Waals surface area contributed by atoms with Crippen molar-refractivity contribution < 1.29 is 14.3 Å². The maximum Gasteiger partial charge on any atom is 0.272 e. The number of para-hydroxylation sites is 1. The number of fused-ring (bicyclic) bond motifs is 1. The third-order valence-electron chi connectivity index (χ3n) is 6.33. The number of carbonyl (C=O) groups is 1. The first kappa shape index (κ1) is 22.2. The van der Waals surface area contributed by atoms with Gasteiger partial charge in [-0.3, -0.25) is 4.79 Å². The van der Waals surface area contributed by atoms with E-state index in [0.717, 1.165) is 40.9 Å². The minimum absolute atomic E-state index is 0.168. The van der Waals surface area contributed by atoms with Crippen molar-refractivity contribution in [1.29, 1.82) is 0 Å². The van der Waals surface area contributed by atoms with E-state index in [9.17, 15) is 4.79 Å². The molecule has 0 radical (unpaired) electrons. The van der Waals surface area contributed by atoms with E-state index < -0.39 is 4.93 Å². The Morgan fingerprint density at radius 1 is 1.10 bits per heavy atom. The zero-order valence-electron chi connectivity index (χ0n) is 18.4. The molecule has 0 aromatic heterocycles. The summed E-state index contributed by atoms with van der Waals surface area (Å²) < 4.78 is 11.7. The van der Waals surface area contributed by atoms with Crippen molar-refractivity contribution >= 4 is 23.4 Å². The zero-order valence-corrected chi connectivity index (χ0v) is 19.2. The molecule has 1 N–H and O–H groups in total. The van der Waals surface area contributed by atoms with E-state index in [1.54, 1.807) is 7.11 Å². The minimum Gasteiger partial charge on any atom is -0.494 e. The van der Waals surface area contributed by atoms with Crippen LogP contribution >= 0.6 is 11.8 Å². The fraction of sp³-hybridized carbons (Fsp3) is 0.480. The summed E-state index contributed by atoms with van der Waals surface area (Å²) in [4.78, 5) is 15.3. The van der Waals surface area contributed by atoms with Crippen LogP contribution < -0.4 is 10.1 Å². The van der Waals surface area contributed by atoms with E-state index in [2.05, 4.69) is 17.3 Å². The Hall–Kier alpha value is -2.02. The second kappa shape index (κ2) is 10.1. The quantitative estimate of drug-likeness (QED) is 0.567. The molecule has 1 atom stereocenters. The number of amides is 1. The van der Waals surface area contributed by atoms with E-state index in [1.807, 2.05) is 48.5 Å². The number of nitrogens with zero attached hydrogens (tertiary/aromatic N) is 1. The molecule has 1 fully saturated rings. The fourth-order valence-electron chi connectivity index (χ4n) is 4.49. The monoisotopic (exact) mass is 440 g/mol. The van der Waals surface area contributed by atoms with Gasteiger partial charge in [-0.2, -0.15) is 0 Å². The largest absolute Gasteiger partial charge is 0.494 e. The number of hydrogen-bond acceptors (Lipinski definition) is 5. The molecule has 4 rings (SSSR count). The lowest BCUT2D eigenvalue weighted by molar-refractivity contribution is -0.129. The van der Waals surface area contributed by atoms with Crippen LogP contribution in [0.4, 0.5) is 5.69 Å². The number of ether oxygens (including phenoxy) is 2. The maximum atomic E-state index is 12.9. The van der Waals surface area contributed by atoms with E-state index in [0.29, 0.717) is 6.61 Å². The Bertz CT molecular complexity index is 883. The van der Waals surface area contributed by atoms with Crippen LogP contribution in [-0.2, 0) is 14.5 Å². The average molecular weight is 441 g/mol. The second-order valence-corrected chi connectivity index (χ2v) is 9.59. The highest BCUT2D eigenvalue weighted by molar-refractivity contribution is 8.01. The summed E-state index contributed by atoms with van der Waals surface area (Å²) in [5.74, 6) is 0.648. The van der Waals surface area contributed by atoms with Crippen LogP contribution in [-0.4, -0.2) is 44.2 Å². The van der Waals surface area contributed by atoms with Gasteiger partial charge in [0.15, 0.2) is 0 Å². The van der Waals surface area contributed by atoms with Gasteiger partial charge in [0.05, 0.1) is 12.3 Å². The molecule has 1 amide bonds. The highest BCUT2D eigenvalue weighted by Gasteiger charge is 2.45. The summed E-state index contributed by atoms with van der Waals surface area (Å²) in [6.45, 7) is 1.75. The highest BCUT2D eigenvalue weighted by Crippen LogP contribution is 2.49. The Kier molecular flexibility index (Phi) is 7.20. The van der Waals surface area contributed by atoms with Gasteiger partial charge in [0.1, 0.15) is 5.75 Å². The van der Waals surface area contributed by atoms with Crippen molar-refractivity contribution in [3.63, 3.8) is 0 Å². The van der Waals surface area contributed by atoms with E-state index >= 15 is 0 Å². The Morgan fingerprint density at radius 2 is 1.84 bits per heavy atom. The van der Waals surface area contributed by atoms with Gasteiger partial charge in [0, 0.05) is 30.2 Å². The van der Waals surface area contributed by atoms with Gasteiger partial charge in [-0.15, -0.1) is 0 Å². The van der Waals surface area contributed by atoms with Gasteiger partial charge in [-0.25, -0.2) is 0 Å². The van der Waals surface area contributed by atoms with Gasteiger partial charge in [0.25, 0.3) is 5.91 Å². The molecule has 1 unspecified atom stereocenters. The summed E-state index contributed by atoms with van der Waals surface area (Å²) in [6.07, 6.45) is 7.78. The predicted octanol–water partition coefficient (Wildman–Crippen LogP) is 5.26. The lowest BCUT2D eigenvalue weighted by Crippen LogP contribution is -2.41. The first-order valence-electron chi connectivity index (χ1n) is 11.2. The maximum absolute atomic E-state index is 12.9. The topological polar surface area (TPSA) is 50.8 Å². The minimum atomic E-state index is -1.10. The van der Waals surface area contributed by atoms with Crippen molar-refractivity contribution in [2.75, 3.05) is 32.6 Å². The number of benzene rings is 2. The number of thioether (sulfide) groups is 1. The number of anilines is 1. The SMILES string of the molecule is COC1(c2ccc(OCCCN(C)C3CCCCC3)cc2)Sc2ccccc2NC1=O. The first-order chi connectivity index (χ1) is 15.1. The van der Waals surface area contributed by atoms with Gasteiger partial charge in [-0.1, -0.05) is 55.3 Å². The third-order valence-corrected chi connectivity index (χ3v) is 7.78. The molecule has 2 aromatic rings. The van der Waals surface area contributed by atoms with Gasteiger partial charge < -0.3 is 19.7 Å². The standard InChI is InChI=1S/C25H32N2O3S/c1-27(20-9-4-3-5-10-20)17-8-18-30-21-15-13-19(14-16-21)25(29-2)24(28)26-22-11-6-7-12-23(22)31-25/h6-7,11-16,20H,3-5,8-10,17-18H2,1-2H3,(H,26,28). The third kappa shape index (κ3) is 4.92. The molecule has 31 heavy (non-hydrogen) atoms. The van der Waals surface area contributed by atoms with E-state index in [1.165, 1.54) is 43.9 Å². The van der Waals surface area contributed by atoms with Gasteiger partial charge in [-0.05, 0) is 50.6 Å². The van der Waals surface area contributed by atoms with Crippen LogP contribution in [0, 0.1) is 0 Å². The van der Waals surface area contributed by atoms with Crippen molar-refractivity contribution in [1.82, 2.24) is 4.90 Å². The molecule has 5 nitrogen and oxygen atoms in total. The Morgan fingerprint density at radius 3 is 2.58 bits per heavy atom. The van der Waals surface area contributed by atoms with Crippen LogP contribution in [0.5, 0.6) is 5.75 Å². The molecule has 6 heteroatoms. The number of nitrogens with one attached hydrogen (secondary N) is 1. The normalized spacial score (nSPS) is 21.6. The highest BCUT2D eigenvalue weighted by atomic mass is 32.2. The summed E-state index contributed by atoms with van der Waals surface area (Å²) in [5.41, 5.74) is 1.62. The van der Waals surface area contributed by atoms with Gasteiger partial charge in [0.2, 0.25) is 4.93 Å². The second-order valence-electron chi connectivity index (χ2n) is 8.37. The Balaban J connectivity index is 1.34.